The summed E-state index contributed by atoms with van der Waals surface area (Å²) < 4.78 is 0. The highest BCUT2D eigenvalue weighted by molar-refractivity contribution is 6.30. The molecule has 3 nitrogen and oxygen atoms in total. The fourth-order valence-electron chi connectivity index (χ4n) is 1.72. The summed E-state index contributed by atoms with van der Waals surface area (Å²) in [4.78, 5) is 10.4. The van der Waals surface area contributed by atoms with Crippen LogP contribution in [0, 0.1) is 0 Å². The molecule has 0 heterocycles. The number of hydrogen-bond donors (Lipinski definition) is 2. The number of carbonyl (C=O) groups is 1. The zero-order valence-electron chi connectivity index (χ0n) is 10.7. The van der Waals surface area contributed by atoms with E-state index in [2.05, 4.69) is 5.32 Å². The molecule has 0 aliphatic carbocycles. The first-order chi connectivity index (χ1) is 9.63. The lowest BCUT2D eigenvalue weighted by atomic mass is 10.1. The number of halogens is 1. The van der Waals surface area contributed by atoms with Crippen molar-refractivity contribution < 1.29 is 9.90 Å². The Morgan fingerprint density at radius 2 is 1.95 bits per heavy atom. The summed E-state index contributed by atoms with van der Waals surface area (Å²) >= 11 is 5.91. The minimum atomic E-state index is -0.948. The molecular weight excluding hydrogens is 274 g/mol. The number of benzene rings is 2. The van der Waals surface area contributed by atoms with Crippen molar-refractivity contribution in [3.63, 3.8) is 0 Å². The van der Waals surface area contributed by atoms with Gasteiger partial charge in [0.05, 0.1) is 0 Å². The maximum absolute atomic E-state index is 10.4. The standard InChI is InChI=1S/C16H14ClNO2/c17-14-2-1-3-15(10-14)18-11-13-6-4-12(5-7-13)8-9-16(19)20/h1-10,18H,11H2,(H,19,20)/b9-8+. The fraction of sp³-hybridized carbons (Fsp3) is 0.0625. The highest BCUT2D eigenvalue weighted by Gasteiger charge is 1.96. The Labute approximate surface area is 122 Å². The Bertz CT molecular complexity index is 621. The minimum Gasteiger partial charge on any atom is -0.478 e. The zero-order valence-corrected chi connectivity index (χ0v) is 11.5. The van der Waals surface area contributed by atoms with Crippen molar-refractivity contribution in [1.29, 1.82) is 0 Å². The molecule has 0 aliphatic rings. The van der Waals surface area contributed by atoms with Crippen molar-refractivity contribution in [2.75, 3.05) is 5.32 Å². The molecule has 102 valence electrons. The van der Waals surface area contributed by atoms with Crippen LogP contribution >= 0.6 is 11.6 Å². The highest BCUT2D eigenvalue weighted by atomic mass is 35.5. The van der Waals surface area contributed by atoms with E-state index in [0.717, 1.165) is 22.9 Å². The van der Waals surface area contributed by atoms with Gasteiger partial charge in [0.2, 0.25) is 0 Å². The van der Waals surface area contributed by atoms with Gasteiger partial charge in [-0.05, 0) is 35.4 Å². The normalized spacial score (nSPS) is 10.7. The molecule has 0 spiro atoms. The second-order valence-electron chi connectivity index (χ2n) is 4.28. The van der Waals surface area contributed by atoms with Crippen LogP contribution in [0.5, 0.6) is 0 Å². The van der Waals surface area contributed by atoms with Crippen LogP contribution in [0.3, 0.4) is 0 Å². The van der Waals surface area contributed by atoms with Crippen LogP contribution in [0.2, 0.25) is 5.02 Å². The van der Waals surface area contributed by atoms with E-state index in [1.807, 2.05) is 48.5 Å². The quantitative estimate of drug-likeness (QED) is 0.816. The second kappa shape index (κ2) is 6.78. The maximum atomic E-state index is 10.4. The Kier molecular flexibility index (Phi) is 4.80. The summed E-state index contributed by atoms with van der Waals surface area (Å²) in [7, 11) is 0. The van der Waals surface area contributed by atoms with Gasteiger partial charge in [-0.15, -0.1) is 0 Å². The number of carboxylic acids is 1. The summed E-state index contributed by atoms with van der Waals surface area (Å²) in [5.41, 5.74) is 2.93. The van der Waals surface area contributed by atoms with E-state index >= 15 is 0 Å². The van der Waals surface area contributed by atoms with Crippen LogP contribution in [0.4, 0.5) is 5.69 Å². The van der Waals surface area contributed by atoms with Gasteiger partial charge in [-0.1, -0.05) is 41.9 Å². The van der Waals surface area contributed by atoms with E-state index in [1.54, 1.807) is 6.08 Å². The van der Waals surface area contributed by atoms with E-state index in [0.29, 0.717) is 11.6 Å². The molecule has 2 N–H and O–H groups in total. The van der Waals surface area contributed by atoms with Crippen molar-refractivity contribution in [2.24, 2.45) is 0 Å². The number of aliphatic carboxylic acids is 1. The van der Waals surface area contributed by atoms with Gasteiger partial charge in [0.25, 0.3) is 0 Å². The number of rotatable bonds is 5. The van der Waals surface area contributed by atoms with Gasteiger partial charge in [0.15, 0.2) is 0 Å². The number of anilines is 1. The first-order valence-corrected chi connectivity index (χ1v) is 6.51. The first kappa shape index (κ1) is 14.2. The van der Waals surface area contributed by atoms with Crippen LogP contribution < -0.4 is 5.32 Å². The number of nitrogens with one attached hydrogen (secondary N) is 1. The summed E-state index contributed by atoms with van der Waals surface area (Å²) in [6, 6.07) is 15.2. The van der Waals surface area contributed by atoms with Crippen molar-refractivity contribution in [3.05, 3.63) is 70.8 Å². The Balaban J connectivity index is 1.95. The van der Waals surface area contributed by atoms with Crippen molar-refractivity contribution in [1.82, 2.24) is 0 Å². The fourth-order valence-corrected chi connectivity index (χ4v) is 1.91. The lowest BCUT2D eigenvalue weighted by Gasteiger charge is -2.07. The molecule has 2 rings (SSSR count). The Hall–Kier alpha value is -2.26. The molecule has 0 unspecified atom stereocenters. The molecule has 2 aromatic carbocycles. The van der Waals surface area contributed by atoms with E-state index in [1.165, 1.54) is 0 Å². The summed E-state index contributed by atoms with van der Waals surface area (Å²) in [5.74, 6) is -0.948. The third-order valence-corrected chi connectivity index (χ3v) is 2.95. The molecule has 0 atom stereocenters. The molecule has 2 aromatic rings. The van der Waals surface area contributed by atoms with Crippen molar-refractivity contribution in [2.45, 2.75) is 6.54 Å². The van der Waals surface area contributed by atoms with Crippen LogP contribution in [0.15, 0.2) is 54.6 Å². The average Bonchev–Trinajstić information content (AvgIpc) is 2.44. The summed E-state index contributed by atoms with van der Waals surface area (Å²) in [6.45, 7) is 0.684. The average molecular weight is 288 g/mol. The largest absolute Gasteiger partial charge is 0.478 e. The van der Waals surface area contributed by atoms with Crippen molar-refractivity contribution >= 4 is 29.3 Å². The molecule has 0 aliphatic heterocycles. The maximum Gasteiger partial charge on any atom is 0.328 e. The summed E-state index contributed by atoms with van der Waals surface area (Å²) in [5, 5.41) is 12.5. The van der Waals surface area contributed by atoms with Gasteiger partial charge in [0, 0.05) is 23.3 Å². The Morgan fingerprint density at radius 3 is 2.60 bits per heavy atom. The molecule has 0 aromatic heterocycles. The molecule has 4 heteroatoms. The third kappa shape index (κ3) is 4.44. The zero-order chi connectivity index (χ0) is 14.4. The van der Waals surface area contributed by atoms with E-state index in [4.69, 9.17) is 16.7 Å². The predicted molar refractivity (Wildman–Crippen MR) is 81.9 cm³/mol. The monoisotopic (exact) mass is 287 g/mol. The first-order valence-electron chi connectivity index (χ1n) is 6.13. The molecule has 0 amide bonds. The smallest absolute Gasteiger partial charge is 0.328 e. The van der Waals surface area contributed by atoms with Gasteiger partial charge in [-0.3, -0.25) is 0 Å². The van der Waals surface area contributed by atoms with E-state index in [9.17, 15) is 4.79 Å². The Morgan fingerprint density at radius 1 is 1.20 bits per heavy atom. The van der Waals surface area contributed by atoms with Crippen LogP contribution in [-0.4, -0.2) is 11.1 Å². The molecule has 0 saturated carbocycles. The van der Waals surface area contributed by atoms with Crippen LogP contribution in [0.25, 0.3) is 6.08 Å². The van der Waals surface area contributed by atoms with Gasteiger partial charge in [0.1, 0.15) is 0 Å². The summed E-state index contributed by atoms with van der Waals surface area (Å²) in [6.07, 6.45) is 2.69. The van der Waals surface area contributed by atoms with Gasteiger partial charge >= 0.3 is 5.97 Å². The second-order valence-corrected chi connectivity index (χ2v) is 4.71. The molecule has 20 heavy (non-hydrogen) atoms. The predicted octanol–water partition coefficient (Wildman–Crippen LogP) is 4.05. The van der Waals surface area contributed by atoms with Gasteiger partial charge in [-0.2, -0.15) is 0 Å². The molecule has 0 fully saturated rings. The highest BCUT2D eigenvalue weighted by Crippen LogP contribution is 2.16. The van der Waals surface area contributed by atoms with Gasteiger partial charge < -0.3 is 10.4 Å². The van der Waals surface area contributed by atoms with Crippen LogP contribution in [0.1, 0.15) is 11.1 Å². The molecular formula is C16H14ClNO2. The van der Waals surface area contributed by atoms with Crippen molar-refractivity contribution in [3.8, 4) is 0 Å². The molecule has 0 saturated heterocycles. The lowest BCUT2D eigenvalue weighted by Crippen LogP contribution is -1.98. The van der Waals surface area contributed by atoms with E-state index < -0.39 is 5.97 Å². The van der Waals surface area contributed by atoms with E-state index in [-0.39, 0.29) is 0 Å². The minimum absolute atomic E-state index is 0.684. The SMILES string of the molecule is O=C(O)/C=C/c1ccc(CNc2cccc(Cl)c2)cc1. The number of hydrogen-bond acceptors (Lipinski definition) is 2. The molecule has 0 radical (unpaired) electrons. The van der Waals surface area contributed by atoms with Gasteiger partial charge in [-0.25, -0.2) is 4.79 Å². The third-order valence-electron chi connectivity index (χ3n) is 2.72. The molecule has 0 bridgehead atoms. The topological polar surface area (TPSA) is 49.3 Å². The number of carboxylic acid groups (broad SMARTS) is 1. The lowest BCUT2D eigenvalue weighted by molar-refractivity contribution is -0.131. The van der Waals surface area contributed by atoms with Crippen LogP contribution in [-0.2, 0) is 11.3 Å².